The van der Waals surface area contributed by atoms with E-state index in [9.17, 15) is 19.2 Å². The zero-order chi connectivity index (χ0) is 35.1. The maximum atomic E-state index is 13.0. The van der Waals surface area contributed by atoms with Crippen LogP contribution in [0.3, 0.4) is 0 Å². The molecule has 0 saturated carbocycles. The summed E-state index contributed by atoms with van der Waals surface area (Å²) in [6, 6.07) is 18.1. The number of hydrogen-bond donors (Lipinski definition) is 6. The van der Waals surface area contributed by atoms with Crippen LogP contribution in [0.5, 0.6) is 0 Å². The van der Waals surface area contributed by atoms with E-state index in [0.29, 0.717) is 24.7 Å². The molecule has 5 aromatic rings. The van der Waals surface area contributed by atoms with Crippen molar-refractivity contribution < 1.29 is 29.4 Å². The van der Waals surface area contributed by atoms with Gasteiger partial charge in [-0.2, -0.15) is 0 Å². The first kappa shape index (κ1) is 32.6. The monoisotopic (exact) mass is 678 g/mol. The third kappa shape index (κ3) is 6.31. The second kappa shape index (κ2) is 13.2. The van der Waals surface area contributed by atoms with Crippen molar-refractivity contribution in [2.24, 2.45) is 0 Å². The molecule has 50 heavy (non-hydrogen) atoms. The molecule has 2 aliphatic rings. The maximum absolute atomic E-state index is 13.0. The number of imidazole rings is 2. The summed E-state index contributed by atoms with van der Waals surface area (Å²) in [5.74, 6) is 0.848. The Morgan fingerprint density at radius 2 is 1.04 bits per heavy atom. The Morgan fingerprint density at radius 1 is 0.660 bits per heavy atom. The summed E-state index contributed by atoms with van der Waals surface area (Å²) in [6.45, 7) is 4.20. The van der Waals surface area contributed by atoms with E-state index in [4.69, 9.17) is 20.2 Å². The van der Waals surface area contributed by atoms with E-state index < -0.39 is 24.3 Å². The Balaban J connectivity index is 1.07. The molecular formula is C36H38N8O6. The summed E-state index contributed by atoms with van der Waals surface area (Å²) in [7, 11) is 0. The summed E-state index contributed by atoms with van der Waals surface area (Å²) in [6.07, 6.45) is 0.655. The molecule has 0 bridgehead atoms. The van der Waals surface area contributed by atoms with Crippen molar-refractivity contribution in [3.63, 3.8) is 0 Å². The molecule has 258 valence electrons. The molecule has 4 heterocycles. The van der Waals surface area contributed by atoms with Crippen molar-refractivity contribution in [3.8, 4) is 22.3 Å². The molecule has 4 atom stereocenters. The maximum Gasteiger partial charge on any atom is 0.405 e. The van der Waals surface area contributed by atoms with E-state index in [0.717, 1.165) is 70.0 Å². The molecule has 2 aliphatic heterocycles. The number of amides is 4. The van der Waals surface area contributed by atoms with Gasteiger partial charge >= 0.3 is 12.2 Å². The van der Waals surface area contributed by atoms with Crippen LogP contribution in [0.1, 0.15) is 63.3 Å². The Hall–Kier alpha value is -5.92. The van der Waals surface area contributed by atoms with Gasteiger partial charge in [0, 0.05) is 13.1 Å². The Bertz CT molecular complexity index is 1960. The van der Waals surface area contributed by atoms with Gasteiger partial charge in [0.25, 0.3) is 0 Å². The van der Waals surface area contributed by atoms with E-state index in [2.05, 4.69) is 44.9 Å². The molecular weight excluding hydrogens is 640 g/mol. The Labute approximate surface area is 286 Å². The lowest BCUT2D eigenvalue weighted by atomic mass is 10.00. The van der Waals surface area contributed by atoms with Crippen molar-refractivity contribution in [2.45, 2.75) is 63.7 Å². The highest BCUT2D eigenvalue weighted by atomic mass is 16.4. The first-order chi connectivity index (χ1) is 24.0. The number of nitrogens with zero attached hydrogens (tertiary/aromatic N) is 4. The van der Waals surface area contributed by atoms with Gasteiger partial charge in [-0.1, -0.05) is 36.4 Å². The zero-order valence-corrected chi connectivity index (χ0v) is 27.6. The third-order valence-electron chi connectivity index (χ3n) is 9.68. The Kier molecular flexibility index (Phi) is 8.60. The predicted molar refractivity (Wildman–Crippen MR) is 185 cm³/mol. The molecule has 7 rings (SSSR count). The van der Waals surface area contributed by atoms with Crippen molar-refractivity contribution in [2.75, 3.05) is 13.1 Å². The van der Waals surface area contributed by atoms with E-state index in [1.807, 2.05) is 36.4 Å². The lowest BCUT2D eigenvalue weighted by molar-refractivity contribution is -0.134. The van der Waals surface area contributed by atoms with Gasteiger partial charge in [-0.3, -0.25) is 9.59 Å². The number of aromatic amines is 2. The molecule has 4 amide bonds. The first-order valence-electron chi connectivity index (χ1n) is 16.8. The largest absolute Gasteiger partial charge is 0.465 e. The highest BCUT2D eigenvalue weighted by molar-refractivity contribution is 5.88. The average molecular weight is 679 g/mol. The lowest BCUT2D eigenvalue weighted by Crippen LogP contribution is -2.46. The van der Waals surface area contributed by atoms with Gasteiger partial charge in [0.15, 0.2) is 0 Å². The second-order valence-electron chi connectivity index (χ2n) is 13.0. The van der Waals surface area contributed by atoms with Crippen LogP contribution in [0.2, 0.25) is 0 Å². The fourth-order valence-corrected chi connectivity index (χ4v) is 7.21. The highest BCUT2D eigenvalue weighted by Crippen LogP contribution is 2.35. The van der Waals surface area contributed by atoms with Crippen LogP contribution in [-0.4, -0.2) is 89.1 Å². The molecule has 0 radical (unpaired) electrons. The number of H-pyrrole nitrogens is 2. The van der Waals surface area contributed by atoms with Gasteiger partial charge in [0.2, 0.25) is 11.8 Å². The summed E-state index contributed by atoms with van der Waals surface area (Å²) in [5, 5.41) is 22.6. The molecule has 2 fully saturated rings. The number of nitrogens with one attached hydrogen (secondary N) is 4. The van der Waals surface area contributed by atoms with Crippen molar-refractivity contribution in [1.29, 1.82) is 0 Å². The Morgan fingerprint density at radius 3 is 1.42 bits per heavy atom. The zero-order valence-electron chi connectivity index (χ0n) is 27.6. The minimum atomic E-state index is -1.23. The van der Waals surface area contributed by atoms with Gasteiger partial charge in [-0.15, -0.1) is 0 Å². The number of fused-ring (bicyclic) bond motifs is 2. The fraction of sp³-hybridized carbons (Fsp3) is 0.333. The normalized spacial score (nSPS) is 18.8. The van der Waals surface area contributed by atoms with Crippen LogP contribution in [0.4, 0.5) is 9.59 Å². The van der Waals surface area contributed by atoms with E-state index in [1.165, 1.54) is 0 Å². The molecule has 0 spiro atoms. The molecule has 14 heteroatoms. The molecule has 2 aromatic heterocycles. The minimum absolute atomic E-state index is 0.247. The number of rotatable bonds is 8. The number of carbonyl (C=O) groups is 4. The van der Waals surface area contributed by atoms with Crippen molar-refractivity contribution in [1.82, 2.24) is 40.4 Å². The lowest BCUT2D eigenvalue weighted by Gasteiger charge is -2.26. The second-order valence-corrected chi connectivity index (χ2v) is 13.0. The number of likely N-dealkylation sites (tertiary alicyclic amines) is 2. The summed E-state index contributed by atoms with van der Waals surface area (Å²) in [4.78, 5) is 67.9. The SMILES string of the molecule is C[C@H](NC(=O)O)C(=O)N1CCC[C@H]1c1nc2ccc(-c3ccc(-c4ccc5nc([C@@H]6CCCN6C(=O)[C@H](C)NC(=O)O)[nH]c5c4)cc3)cc2[nH]1. The minimum Gasteiger partial charge on any atom is -0.465 e. The van der Waals surface area contributed by atoms with Gasteiger partial charge < -0.3 is 40.6 Å². The quantitative estimate of drug-likeness (QED) is 0.125. The van der Waals surface area contributed by atoms with E-state index >= 15 is 0 Å². The van der Waals surface area contributed by atoms with Crippen LogP contribution in [0, 0.1) is 0 Å². The van der Waals surface area contributed by atoms with Gasteiger partial charge in [-0.25, -0.2) is 19.6 Å². The van der Waals surface area contributed by atoms with Crippen molar-refractivity contribution >= 4 is 46.1 Å². The predicted octanol–water partition coefficient (Wildman–Crippen LogP) is 5.41. The number of hydrogen-bond acceptors (Lipinski definition) is 6. The van der Waals surface area contributed by atoms with E-state index in [-0.39, 0.29) is 23.9 Å². The smallest absolute Gasteiger partial charge is 0.405 e. The van der Waals surface area contributed by atoms with Crippen LogP contribution >= 0.6 is 0 Å². The van der Waals surface area contributed by atoms with Gasteiger partial charge in [0.1, 0.15) is 23.7 Å². The fourth-order valence-electron chi connectivity index (χ4n) is 7.21. The number of carboxylic acid groups (broad SMARTS) is 2. The first-order valence-corrected chi connectivity index (χ1v) is 16.8. The summed E-state index contributed by atoms with van der Waals surface area (Å²) in [5.41, 5.74) is 7.37. The molecule has 2 saturated heterocycles. The number of carbonyl (C=O) groups excluding carboxylic acids is 2. The van der Waals surface area contributed by atoms with Crippen LogP contribution in [-0.2, 0) is 9.59 Å². The van der Waals surface area contributed by atoms with Crippen LogP contribution < -0.4 is 10.6 Å². The molecule has 0 aliphatic carbocycles. The number of aromatic nitrogens is 4. The van der Waals surface area contributed by atoms with Crippen molar-refractivity contribution in [3.05, 3.63) is 72.3 Å². The highest BCUT2D eigenvalue weighted by Gasteiger charge is 2.36. The topological polar surface area (TPSA) is 197 Å². The van der Waals surface area contributed by atoms with E-state index in [1.54, 1.807) is 23.6 Å². The summed E-state index contributed by atoms with van der Waals surface area (Å²) < 4.78 is 0. The molecule has 14 nitrogen and oxygen atoms in total. The summed E-state index contributed by atoms with van der Waals surface area (Å²) >= 11 is 0. The average Bonchev–Trinajstić information content (AvgIpc) is 3.91. The van der Waals surface area contributed by atoms with Crippen LogP contribution in [0.25, 0.3) is 44.3 Å². The number of benzene rings is 3. The molecule has 6 N–H and O–H groups in total. The third-order valence-corrected chi connectivity index (χ3v) is 9.68. The van der Waals surface area contributed by atoms with Gasteiger partial charge in [0.05, 0.1) is 34.2 Å². The molecule has 0 unspecified atom stereocenters. The standard InChI is InChI=1S/C36H38N8O6/c1-19(37-35(47)48)33(45)43-15-3-5-29(43)31-39-25-13-11-23(17-27(25)41-31)21-7-9-22(10-8-21)24-12-14-26-28(18-24)42-32(40-26)30-6-4-16-44(30)34(46)20(2)38-36(49)50/h7-14,17-20,29-30,37-38H,3-6,15-16H2,1-2H3,(H,39,41)(H,40,42)(H,47,48)(H,49,50)/t19-,20-,29-,30-/m0/s1. The molecule has 3 aromatic carbocycles. The van der Waals surface area contributed by atoms with Gasteiger partial charge in [-0.05, 0) is 86.1 Å². The van der Waals surface area contributed by atoms with Crippen LogP contribution in [0.15, 0.2) is 60.7 Å².